The minimum absolute atomic E-state index is 0.0666. The summed E-state index contributed by atoms with van der Waals surface area (Å²) in [6, 6.07) is 12.5. The average molecular weight is 657 g/mol. The van der Waals surface area contributed by atoms with Gasteiger partial charge in [0.05, 0.1) is 6.61 Å². The number of carbonyl (C=O) groups is 6. The highest BCUT2D eigenvalue weighted by Crippen LogP contribution is 2.44. The second kappa shape index (κ2) is 15.5. The summed E-state index contributed by atoms with van der Waals surface area (Å²) in [5.74, 6) is -4.65. The van der Waals surface area contributed by atoms with Gasteiger partial charge in [-0.25, -0.2) is 9.59 Å². The van der Waals surface area contributed by atoms with Gasteiger partial charge in [0.2, 0.25) is 5.91 Å². The first-order valence-corrected chi connectivity index (χ1v) is 14.7. The average Bonchev–Trinajstić information content (AvgIpc) is 3.32. The van der Waals surface area contributed by atoms with Crippen LogP contribution < -0.4 is 10.6 Å². The molecule has 1 aliphatic carbocycles. The molecule has 47 heavy (non-hydrogen) atoms. The van der Waals surface area contributed by atoms with Crippen LogP contribution in [0.25, 0.3) is 11.1 Å². The number of fused-ring (bicyclic) bond motifs is 3. The number of carboxylic acids is 1. The molecule has 0 unspecified atom stereocenters. The van der Waals surface area contributed by atoms with Gasteiger partial charge in [-0.05, 0) is 22.3 Å². The van der Waals surface area contributed by atoms with Crippen LogP contribution in [0.2, 0.25) is 0 Å². The van der Waals surface area contributed by atoms with Crippen LogP contribution in [0.15, 0.2) is 48.5 Å². The summed E-state index contributed by atoms with van der Waals surface area (Å²) in [6.45, 7) is 3.23. The maximum absolute atomic E-state index is 12.8. The van der Waals surface area contributed by atoms with Crippen molar-refractivity contribution in [3.8, 4) is 11.1 Å². The van der Waals surface area contributed by atoms with Crippen LogP contribution in [0.3, 0.4) is 0 Å². The van der Waals surface area contributed by atoms with Gasteiger partial charge in [-0.1, -0.05) is 48.5 Å². The predicted octanol–water partition coefficient (Wildman–Crippen LogP) is 1.65. The first-order valence-electron chi connectivity index (χ1n) is 14.7. The zero-order valence-corrected chi connectivity index (χ0v) is 26.1. The highest BCUT2D eigenvalue weighted by molar-refractivity contribution is 5.81. The van der Waals surface area contributed by atoms with E-state index in [9.17, 15) is 33.9 Å². The molecule has 0 aromatic heterocycles. The number of hydrogen-bond donors (Lipinski definition) is 3. The van der Waals surface area contributed by atoms with Crippen LogP contribution in [0.1, 0.15) is 44.7 Å². The van der Waals surface area contributed by atoms with Crippen LogP contribution in [0.5, 0.6) is 0 Å². The predicted molar refractivity (Wildman–Crippen MR) is 160 cm³/mol. The smallest absolute Gasteiger partial charge is 0.407 e. The zero-order valence-electron chi connectivity index (χ0n) is 26.1. The van der Waals surface area contributed by atoms with E-state index < -0.39 is 85.8 Å². The number of esters is 3. The van der Waals surface area contributed by atoms with Crippen LogP contribution in [-0.2, 0) is 52.4 Å². The Bertz CT molecular complexity index is 1470. The number of ether oxygens (including phenoxy) is 6. The van der Waals surface area contributed by atoms with E-state index in [0.29, 0.717) is 0 Å². The van der Waals surface area contributed by atoms with Crippen molar-refractivity contribution in [2.45, 2.75) is 70.3 Å². The number of benzene rings is 2. The van der Waals surface area contributed by atoms with Crippen molar-refractivity contribution in [1.82, 2.24) is 10.6 Å². The molecule has 2 aromatic rings. The third kappa shape index (κ3) is 8.83. The topological polar surface area (TPSA) is 202 Å². The summed E-state index contributed by atoms with van der Waals surface area (Å²) in [5, 5.41) is 14.6. The summed E-state index contributed by atoms with van der Waals surface area (Å²) < 4.78 is 32.8. The standard InChI is InChI=1S/C32H36N2O13/c1-16(35)33-27-29(46-19(4)38)28(45-18(3)37)26(15-42-17(2)36)47-31(27)43-14-25(30(39)40)34-32(41)44-13-24-22-11-7-5-9-20(22)21-10-6-8-12-23(21)24/h5-12,24-29,31H,13-15H2,1-4H3,(H,33,35)(H,34,41)(H,39,40)/t25-,26+,27-,28-,29+,31+/m0/s1. The summed E-state index contributed by atoms with van der Waals surface area (Å²) in [7, 11) is 0. The molecule has 1 aliphatic heterocycles. The lowest BCUT2D eigenvalue weighted by Crippen LogP contribution is -2.67. The molecule has 3 N–H and O–H groups in total. The number of carboxylic acid groups (broad SMARTS) is 1. The second-order valence-corrected chi connectivity index (χ2v) is 10.9. The van der Waals surface area contributed by atoms with E-state index in [2.05, 4.69) is 10.6 Å². The fourth-order valence-corrected chi connectivity index (χ4v) is 5.58. The Morgan fingerprint density at radius 3 is 1.89 bits per heavy atom. The van der Waals surface area contributed by atoms with E-state index in [-0.39, 0.29) is 12.5 Å². The van der Waals surface area contributed by atoms with Gasteiger partial charge in [-0.2, -0.15) is 0 Å². The third-order valence-electron chi connectivity index (χ3n) is 7.43. The van der Waals surface area contributed by atoms with Gasteiger partial charge in [0.15, 0.2) is 24.5 Å². The van der Waals surface area contributed by atoms with E-state index in [4.69, 9.17) is 28.4 Å². The molecule has 0 saturated carbocycles. The van der Waals surface area contributed by atoms with Crippen LogP contribution in [-0.4, -0.2) is 97.5 Å². The number of hydrogen-bond acceptors (Lipinski definition) is 12. The van der Waals surface area contributed by atoms with Crippen molar-refractivity contribution in [2.75, 3.05) is 19.8 Å². The normalized spacial score (nSPS) is 22.1. The summed E-state index contributed by atoms with van der Waals surface area (Å²) in [5.41, 5.74) is 3.97. The SMILES string of the molecule is CC(=O)N[C@@H]1[C@H](OC[C@H](NC(=O)OCC2c3ccccc3-c3ccccc32)C(=O)O)O[C@H](COC(C)=O)[C@H](OC(C)=O)[C@@H]1OC(C)=O. The molecule has 1 fully saturated rings. The number of amides is 2. The number of nitrogens with one attached hydrogen (secondary N) is 2. The van der Waals surface area contributed by atoms with E-state index >= 15 is 0 Å². The van der Waals surface area contributed by atoms with Crippen molar-refractivity contribution < 1.29 is 62.3 Å². The molecule has 4 rings (SSSR count). The number of aliphatic carboxylic acids is 1. The van der Waals surface area contributed by atoms with Crippen molar-refractivity contribution >= 4 is 35.9 Å². The Hall–Kier alpha value is -5.02. The fourth-order valence-electron chi connectivity index (χ4n) is 5.58. The first kappa shape index (κ1) is 34.8. The Balaban J connectivity index is 1.48. The summed E-state index contributed by atoms with van der Waals surface area (Å²) in [4.78, 5) is 72.6. The highest BCUT2D eigenvalue weighted by atomic mass is 16.7. The van der Waals surface area contributed by atoms with Crippen molar-refractivity contribution in [3.05, 3.63) is 59.7 Å². The minimum atomic E-state index is -1.66. The van der Waals surface area contributed by atoms with Gasteiger partial charge < -0.3 is 44.2 Å². The fraction of sp³-hybridized carbons (Fsp3) is 0.438. The Labute approximate surface area is 269 Å². The zero-order chi connectivity index (χ0) is 34.2. The largest absolute Gasteiger partial charge is 0.480 e. The molecule has 252 valence electrons. The van der Waals surface area contributed by atoms with Gasteiger partial charge in [0.25, 0.3) is 0 Å². The maximum Gasteiger partial charge on any atom is 0.407 e. The van der Waals surface area contributed by atoms with E-state index in [0.717, 1.165) is 49.9 Å². The van der Waals surface area contributed by atoms with Gasteiger partial charge in [-0.15, -0.1) is 0 Å². The molecular weight excluding hydrogens is 620 g/mol. The first-order chi connectivity index (χ1) is 22.3. The molecular formula is C32H36N2O13. The molecule has 0 spiro atoms. The van der Waals surface area contributed by atoms with Crippen molar-refractivity contribution in [2.24, 2.45) is 0 Å². The van der Waals surface area contributed by atoms with Crippen LogP contribution >= 0.6 is 0 Å². The Morgan fingerprint density at radius 1 is 0.787 bits per heavy atom. The quantitative estimate of drug-likeness (QED) is 0.220. The maximum atomic E-state index is 12.8. The summed E-state index contributed by atoms with van der Waals surface area (Å²) >= 11 is 0. The molecule has 2 amide bonds. The van der Waals surface area contributed by atoms with Gasteiger partial charge in [0.1, 0.15) is 25.4 Å². The van der Waals surface area contributed by atoms with Gasteiger partial charge in [-0.3, -0.25) is 19.2 Å². The van der Waals surface area contributed by atoms with E-state index in [1.807, 2.05) is 48.5 Å². The molecule has 1 saturated heterocycles. The molecule has 0 radical (unpaired) electrons. The summed E-state index contributed by atoms with van der Waals surface area (Å²) in [6.07, 6.45) is -6.58. The highest BCUT2D eigenvalue weighted by Gasteiger charge is 2.51. The van der Waals surface area contributed by atoms with Crippen molar-refractivity contribution in [3.63, 3.8) is 0 Å². The molecule has 1 heterocycles. The molecule has 0 bridgehead atoms. The Morgan fingerprint density at radius 2 is 1.36 bits per heavy atom. The third-order valence-corrected chi connectivity index (χ3v) is 7.43. The minimum Gasteiger partial charge on any atom is -0.480 e. The van der Waals surface area contributed by atoms with Crippen LogP contribution in [0.4, 0.5) is 4.79 Å². The Kier molecular flexibility index (Phi) is 11.5. The molecule has 6 atom stereocenters. The van der Waals surface area contributed by atoms with Gasteiger partial charge in [0, 0.05) is 33.6 Å². The van der Waals surface area contributed by atoms with Crippen molar-refractivity contribution in [1.29, 1.82) is 0 Å². The van der Waals surface area contributed by atoms with E-state index in [1.54, 1.807) is 0 Å². The number of rotatable bonds is 12. The van der Waals surface area contributed by atoms with E-state index in [1.165, 1.54) is 0 Å². The monoisotopic (exact) mass is 656 g/mol. The molecule has 2 aromatic carbocycles. The number of alkyl carbamates (subject to hydrolysis) is 1. The van der Waals surface area contributed by atoms with Crippen LogP contribution in [0, 0.1) is 0 Å². The molecule has 15 nitrogen and oxygen atoms in total. The lowest BCUT2D eigenvalue weighted by molar-refractivity contribution is -0.278. The molecule has 2 aliphatic rings. The molecule has 15 heteroatoms. The second-order valence-electron chi connectivity index (χ2n) is 10.9. The number of carbonyl (C=O) groups excluding carboxylic acids is 5. The lowest BCUT2D eigenvalue weighted by Gasteiger charge is -2.45. The lowest BCUT2D eigenvalue weighted by atomic mass is 9.96. The van der Waals surface area contributed by atoms with Gasteiger partial charge >= 0.3 is 30.0 Å².